The number of nitrogens with zero attached hydrogens (tertiary/aromatic N) is 1. The van der Waals surface area contributed by atoms with E-state index in [0.29, 0.717) is 0 Å². The first-order valence-corrected chi connectivity index (χ1v) is 5.60. The SMILES string of the molecule is C[C@H]1CCCN(c2ccc(C=O)cc2)C1. The van der Waals surface area contributed by atoms with Crippen LogP contribution in [0.1, 0.15) is 30.1 Å². The molecule has 0 bridgehead atoms. The number of hydrogen-bond donors (Lipinski definition) is 0. The molecule has 0 N–H and O–H groups in total. The van der Waals surface area contributed by atoms with E-state index in [1.54, 1.807) is 0 Å². The Morgan fingerprint density at radius 3 is 2.67 bits per heavy atom. The zero-order valence-corrected chi connectivity index (χ0v) is 9.15. The summed E-state index contributed by atoms with van der Waals surface area (Å²) in [4.78, 5) is 12.9. The van der Waals surface area contributed by atoms with Gasteiger partial charge >= 0.3 is 0 Å². The van der Waals surface area contributed by atoms with E-state index in [9.17, 15) is 4.79 Å². The molecule has 0 aliphatic carbocycles. The molecule has 15 heavy (non-hydrogen) atoms. The maximum absolute atomic E-state index is 10.5. The second kappa shape index (κ2) is 4.47. The fraction of sp³-hybridized carbons (Fsp3) is 0.462. The van der Waals surface area contributed by atoms with E-state index in [1.165, 1.54) is 18.5 Å². The molecule has 1 fully saturated rings. The molecule has 1 aromatic carbocycles. The van der Waals surface area contributed by atoms with E-state index in [-0.39, 0.29) is 0 Å². The lowest BCUT2D eigenvalue weighted by Crippen LogP contribution is -2.34. The number of benzene rings is 1. The lowest BCUT2D eigenvalue weighted by molar-refractivity contribution is 0.112. The smallest absolute Gasteiger partial charge is 0.150 e. The first-order valence-electron chi connectivity index (χ1n) is 5.60. The van der Waals surface area contributed by atoms with Gasteiger partial charge in [-0.15, -0.1) is 0 Å². The van der Waals surface area contributed by atoms with Crippen LogP contribution in [-0.4, -0.2) is 19.4 Å². The molecule has 2 rings (SSSR count). The minimum absolute atomic E-state index is 0.754. The molecule has 1 aromatic rings. The number of aldehydes is 1. The van der Waals surface area contributed by atoms with Crippen molar-refractivity contribution in [2.75, 3.05) is 18.0 Å². The highest BCUT2D eigenvalue weighted by Crippen LogP contribution is 2.22. The maximum atomic E-state index is 10.5. The van der Waals surface area contributed by atoms with Crippen LogP contribution in [0.5, 0.6) is 0 Å². The Hall–Kier alpha value is -1.31. The average Bonchev–Trinajstić information content (AvgIpc) is 2.29. The molecule has 0 spiro atoms. The van der Waals surface area contributed by atoms with Gasteiger partial charge in [0.2, 0.25) is 0 Å². The second-order valence-corrected chi connectivity index (χ2v) is 4.40. The molecule has 1 saturated heterocycles. The van der Waals surface area contributed by atoms with Crippen LogP contribution in [-0.2, 0) is 0 Å². The van der Waals surface area contributed by atoms with E-state index in [4.69, 9.17) is 0 Å². The first-order chi connectivity index (χ1) is 7.29. The molecule has 0 saturated carbocycles. The van der Waals surface area contributed by atoms with Crippen molar-refractivity contribution < 1.29 is 4.79 Å². The Morgan fingerprint density at radius 2 is 2.07 bits per heavy atom. The molecule has 2 heteroatoms. The van der Waals surface area contributed by atoms with Crippen molar-refractivity contribution >= 4 is 12.0 Å². The van der Waals surface area contributed by atoms with Crippen molar-refractivity contribution in [1.82, 2.24) is 0 Å². The van der Waals surface area contributed by atoms with E-state index < -0.39 is 0 Å². The van der Waals surface area contributed by atoms with Gasteiger partial charge in [-0.05, 0) is 43.0 Å². The third-order valence-corrected chi connectivity index (χ3v) is 3.05. The fourth-order valence-corrected chi connectivity index (χ4v) is 2.19. The summed E-state index contributed by atoms with van der Waals surface area (Å²) in [6.45, 7) is 4.58. The first kappa shape index (κ1) is 10.2. The third kappa shape index (κ3) is 2.38. The van der Waals surface area contributed by atoms with Crippen molar-refractivity contribution in [1.29, 1.82) is 0 Å². The summed E-state index contributed by atoms with van der Waals surface area (Å²) in [6, 6.07) is 7.87. The summed E-state index contributed by atoms with van der Waals surface area (Å²) < 4.78 is 0. The Labute approximate surface area is 90.9 Å². The van der Waals surface area contributed by atoms with Gasteiger partial charge < -0.3 is 4.90 Å². The van der Waals surface area contributed by atoms with Crippen molar-refractivity contribution in [3.63, 3.8) is 0 Å². The topological polar surface area (TPSA) is 20.3 Å². The van der Waals surface area contributed by atoms with Crippen LogP contribution in [0.3, 0.4) is 0 Å². The Morgan fingerprint density at radius 1 is 1.33 bits per heavy atom. The zero-order chi connectivity index (χ0) is 10.7. The number of hydrogen-bond acceptors (Lipinski definition) is 2. The van der Waals surface area contributed by atoms with Crippen molar-refractivity contribution in [3.05, 3.63) is 29.8 Å². The number of anilines is 1. The molecule has 0 aromatic heterocycles. The fourth-order valence-electron chi connectivity index (χ4n) is 2.19. The van der Waals surface area contributed by atoms with Crippen LogP contribution < -0.4 is 4.90 Å². The predicted molar refractivity (Wildman–Crippen MR) is 62.4 cm³/mol. The highest BCUT2D eigenvalue weighted by molar-refractivity contribution is 5.75. The molecule has 0 radical (unpaired) electrons. The molecule has 0 unspecified atom stereocenters. The van der Waals surface area contributed by atoms with Crippen molar-refractivity contribution in [2.24, 2.45) is 5.92 Å². The van der Waals surface area contributed by atoms with Crippen molar-refractivity contribution in [3.8, 4) is 0 Å². The van der Waals surface area contributed by atoms with Crippen LogP contribution in [0.25, 0.3) is 0 Å². The van der Waals surface area contributed by atoms with E-state index in [2.05, 4.69) is 11.8 Å². The Bertz CT molecular complexity index is 331. The summed E-state index contributed by atoms with van der Waals surface area (Å²) in [6.07, 6.45) is 3.50. The quantitative estimate of drug-likeness (QED) is 0.689. The highest BCUT2D eigenvalue weighted by atomic mass is 16.1. The van der Waals surface area contributed by atoms with Gasteiger partial charge in [-0.2, -0.15) is 0 Å². The number of piperidine rings is 1. The highest BCUT2D eigenvalue weighted by Gasteiger charge is 2.16. The van der Waals surface area contributed by atoms with Gasteiger partial charge in [0.25, 0.3) is 0 Å². The van der Waals surface area contributed by atoms with Crippen LogP contribution in [0.15, 0.2) is 24.3 Å². The molecule has 0 amide bonds. The molecule has 1 heterocycles. The minimum atomic E-state index is 0.754. The minimum Gasteiger partial charge on any atom is -0.371 e. The zero-order valence-electron chi connectivity index (χ0n) is 9.15. The number of carbonyl (C=O) groups is 1. The summed E-state index contributed by atoms with van der Waals surface area (Å²) in [5, 5.41) is 0. The predicted octanol–water partition coefficient (Wildman–Crippen LogP) is 2.74. The summed E-state index contributed by atoms with van der Waals surface area (Å²) in [5.74, 6) is 0.782. The van der Waals surface area contributed by atoms with Gasteiger partial charge in [0.1, 0.15) is 6.29 Å². The number of carbonyl (C=O) groups excluding carboxylic acids is 1. The van der Waals surface area contributed by atoms with Gasteiger partial charge in [-0.1, -0.05) is 6.92 Å². The normalized spacial score (nSPS) is 21.4. The van der Waals surface area contributed by atoms with Crippen LogP contribution in [0, 0.1) is 5.92 Å². The molecule has 1 aliphatic heterocycles. The summed E-state index contributed by atoms with van der Waals surface area (Å²) in [7, 11) is 0. The Balaban J connectivity index is 2.11. The lowest BCUT2D eigenvalue weighted by atomic mass is 9.99. The van der Waals surface area contributed by atoms with E-state index in [0.717, 1.165) is 30.9 Å². The molecule has 80 valence electrons. The molecule has 1 atom stereocenters. The van der Waals surface area contributed by atoms with E-state index >= 15 is 0 Å². The van der Waals surface area contributed by atoms with Gasteiger partial charge in [0.15, 0.2) is 0 Å². The average molecular weight is 203 g/mol. The van der Waals surface area contributed by atoms with Crippen LogP contribution in [0.4, 0.5) is 5.69 Å². The lowest BCUT2D eigenvalue weighted by Gasteiger charge is -2.32. The van der Waals surface area contributed by atoms with Gasteiger partial charge in [-0.3, -0.25) is 4.79 Å². The van der Waals surface area contributed by atoms with Gasteiger partial charge in [-0.25, -0.2) is 0 Å². The standard InChI is InChI=1S/C13H17NO/c1-11-3-2-8-14(9-11)13-6-4-12(10-15)5-7-13/h4-7,10-11H,2-3,8-9H2,1H3/t11-/m0/s1. The molecular formula is C13H17NO. The van der Waals surface area contributed by atoms with Crippen LogP contribution in [0.2, 0.25) is 0 Å². The monoisotopic (exact) mass is 203 g/mol. The van der Waals surface area contributed by atoms with Gasteiger partial charge in [0, 0.05) is 24.3 Å². The number of rotatable bonds is 2. The third-order valence-electron chi connectivity index (χ3n) is 3.05. The maximum Gasteiger partial charge on any atom is 0.150 e. The largest absolute Gasteiger partial charge is 0.371 e. The summed E-state index contributed by atoms with van der Waals surface area (Å²) in [5.41, 5.74) is 2.00. The molecule has 1 aliphatic rings. The van der Waals surface area contributed by atoms with Crippen LogP contribution >= 0.6 is 0 Å². The van der Waals surface area contributed by atoms with Gasteiger partial charge in [0.05, 0.1) is 0 Å². The second-order valence-electron chi connectivity index (χ2n) is 4.40. The van der Waals surface area contributed by atoms with E-state index in [1.807, 2.05) is 24.3 Å². The Kier molecular flexibility index (Phi) is 3.05. The molecular weight excluding hydrogens is 186 g/mol. The summed E-state index contributed by atoms with van der Waals surface area (Å²) >= 11 is 0. The molecule has 2 nitrogen and oxygen atoms in total. The van der Waals surface area contributed by atoms with Crippen molar-refractivity contribution in [2.45, 2.75) is 19.8 Å².